The van der Waals surface area contributed by atoms with E-state index in [1.807, 2.05) is 0 Å². The minimum absolute atomic E-state index is 0.174. The Morgan fingerprint density at radius 3 is 3.09 bits per heavy atom. The molecule has 55 valence electrons. The van der Waals surface area contributed by atoms with Crippen molar-refractivity contribution in [1.82, 2.24) is 0 Å². The molecule has 1 aromatic carbocycles. The molecule has 1 heterocycles. The van der Waals surface area contributed by atoms with E-state index in [-0.39, 0.29) is 10.8 Å². The van der Waals surface area contributed by atoms with Crippen LogP contribution in [0.25, 0.3) is 10.1 Å². The average Bonchev–Trinajstić information content (AvgIpc) is 2.36. The first-order chi connectivity index (χ1) is 5.27. The average molecular weight is 186 g/mol. The fraction of sp³-hybridized carbons (Fsp3) is 0. The predicted molar refractivity (Wildman–Crippen MR) is 45.6 cm³/mol. The zero-order valence-corrected chi connectivity index (χ0v) is 6.97. The number of benzene rings is 1. The van der Waals surface area contributed by atoms with Gasteiger partial charge in [-0.3, -0.25) is 0 Å². The summed E-state index contributed by atoms with van der Waals surface area (Å²) >= 11 is 7.00. The molecule has 1 aromatic heterocycles. The lowest BCUT2D eigenvalue weighted by molar-refractivity contribution is 0.630. The van der Waals surface area contributed by atoms with E-state index >= 15 is 0 Å². The standard InChI is InChI=1S/C8H3ClFS/c9-6-4-8-5(1-2-11-8)3-7(6)10/h1,3-4H. The minimum atomic E-state index is -0.369. The number of thiophene rings is 1. The van der Waals surface area contributed by atoms with E-state index in [4.69, 9.17) is 11.6 Å². The highest BCUT2D eigenvalue weighted by Gasteiger charge is 2.02. The summed E-state index contributed by atoms with van der Waals surface area (Å²) in [4.78, 5) is 0. The van der Waals surface area contributed by atoms with Gasteiger partial charge in [0.05, 0.1) is 5.02 Å². The van der Waals surface area contributed by atoms with E-state index < -0.39 is 0 Å². The van der Waals surface area contributed by atoms with Crippen molar-refractivity contribution in [2.24, 2.45) is 0 Å². The second-order valence-corrected chi connectivity index (χ2v) is 3.46. The molecule has 0 spiro atoms. The Hall–Kier alpha value is -0.600. The fourth-order valence-electron chi connectivity index (χ4n) is 0.902. The van der Waals surface area contributed by atoms with E-state index in [2.05, 4.69) is 5.38 Å². The number of rotatable bonds is 0. The molecule has 0 unspecified atom stereocenters. The smallest absolute Gasteiger partial charge is 0.142 e. The van der Waals surface area contributed by atoms with Gasteiger partial charge in [0.1, 0.15) is 5.82 Å². The van der Waals surface area contributed by atoms with Gasteiger partial charge in [-0.1, -0.05) is 11.6 Å². The first kappa shape index (κ1) is 7.07. The Morgan fingerprint density at radius 2 is 2.27 bits per heavy atom. The summed E-state index contributed by atoms with van der Waals surface area (Å²) < 4.78 is 13.8. The summed E-state index contributed by atoms with van der Waals surface area (Å²) in [5, 5.41) is 3.94. The molecule has 0 saturated carbocycles. The summed E-state index contributed by atoms with van der Waals surface area (Å²) in [6, 6.07) is 4.79. The highest BCUT2D eigenvalue weighted by atomic mass is 35.5. The van der Waals surface area contributed by atoms with Gasteiger partial charge in [-0.15, -0.1) is 11.3 Å². The fourth-order valence-corrected chi connectivity index (χ4v) is 1.86. The second kappa shape index (κ2) is 2.47. The molecular formula is C8H3ClFS. The van der Waals surface area contributed by atoms with E-state index in [0.717, 1.165) is 10.1 Å². The van der Waals surface area contributed by atoms with Gasteiger partial charge in [0, 0.05) is 10.1 Å². The van der Waals surface area contributed by atoms with Crippen molar-refractivity contribution < 1.29 is 4.39 Å². The van der Waals surface area contributed by atoms with Crippen molar-refractivity contribution >= 4 is 33.0 Å². The van der Waals surface area contributed by atoms with Gasteiger partial charge in [-0.25, -0.2) is 4.39 Å². The zero-order chi connectivity index (χ0) is 7.84. The van der Waals surface area contributed by atoms with E-state index in [1.54, 1.807) is 12.1 Å². The summed E-state index contributed by atoms with van der Waals surface area (Å²) in [5.74, 6) is -0.369. The van der Waals surface area contributed by atoms with Crippen molar-refractivity contribution in [3.63, 3.8) is 0 Å². The van der Waals surface area contributed by atoms with Gasteiger partial charge in [0.2, 0.25) is 0 Å². The molecule has 0 saturated heterocycles. The monoisotopic (exact) mass is 185 g/mol. The summed E-state index contributed by atoms with van der Waals surface area (Å²) in [6.45, 7) is 0. The van der Waals surface area contributed by atoms with Crippen molar-refractivity contribution in [3.05, 3.63) is 34.4 Å². The molecule has 1 radical (unpaired) electrons. The van der Waals surface area contributed by atoms with Crippen molar-refractivity contribution in [3.8, 4) is 0 Å². The van der Waals surface area contributed by atoms with Gasteiger partial charge >= 0.3 is 0 Å². The van der Waals surface area contributed by atoms with Gasteiger partial charge in [-0.2, -0.15) is 0 Å². The summed E-state index contributed by atoms with van der Waals surface area (Å²) in [5.41, 5.74) is 0. The van der Waals surface area contributed by atoms with Gasteiger partial charge < -0.3 is 0 Å². The summed E-state index contributed by atoms with van der Waals surface area (Å²) in [7, 11) is 0. The van der Waals surface area contributed by atoms with Gasteiger partial charge in [0.25, 0.3) is 0 Å². The second-order valence-electron chi connectivity index (χ2n) is 2.17. The Kier molecular flexibility index (Phi) is 1.59. The lowest BCUT2D eigenvalue weighted by Gasteiger charge is -1.92. The number of hydrogen-bond acceptors (Lipinski definition) is 1. The number of halogens is 2. The molecule has 0 N–H and O–H groups in total. The third-order valence-electron chi connectivity index (χ3n) is 1.44. The van der Waals surface area contributed by atoms with Crippen LogP contribution in [0.1, 0.15) is 0 Å². The van der Waals surface area contributed by atoms with Crippen LogP contribution in [-0.2, 0) is 0 Å². The maximum atomic E-state index is 12.8. The Balaban J connectivity index is 2.86. The van der Waals surface area contributed by atoms with E-state index in [1.165, 1.54) is 17.4 Å². The third-order valence-corrected chi connectivity index (χ3v) is 2.53. The molecule has 0 aliphatic carbocycles. The van der Waals surface area contributed by atoms with E-state index in [9.17, 15) is 4.39 Å². The number of fused-ring (bicyclic) bond motifs is 1. The molecule has 0 bridgehead atoms. The molecular weight excluding hydrogens is 183 g/mol. The van der Waals surface area contributed by atoms with Crippen LogP contribution in [0, 0.1) is 11.2 Å². The number of hydrogen-bond donors (Lipinski definition) is 0. The van der Waals surface area contributed by atoms with Crippen LogP contribution in [0.3, 0.4) is 0 Å². The Labute approximate surface area is 72.2 Å². The maximum Gasteiger partial charge on any atom is 0.142 e. The van der Waals surface area contributed by atoms with Gasteiger partial charge in [-0.05, 0) is 23.6 Å². The first-order valence-corrected chi connectivity index (χ1v) is 4.21. The molecule has 3 heteroatoms. The zero-order valence-electron chi connectivity index (χ0n) is 5.40. The van der Waals surface area contributed by atoms with Crippen LogP contribution < -0.4 is 0 Å². The molecule has 11 heavy (non-hydrogen) atoms. The van der Waals surface area contributed by atoms with Crippen LogP contribution in [0.15, 0.2) is 18.2 Å². The normalized spacial score (nSPS) is 10.7. The van der Waals surface area contributed by atoms with Crippen LogP contribution in [0.2, 0.25) is 5.02 Å². The van der Waals surface area contributed by atoms with Crippen molar-refractivity contribution in [1.29, 1.82) is 0 Å². The van der Waals surface area contributed by atoms with Crippen molar-refractivity contribution in [2.45, 2.75) is 0 Å². The highest BCUT2D eigenvalue weighted by molar-refractivity contribution is 7.16. The van der Waals surface area contributed by atoms with Crippen LogP contribution in [0.4, 0.5) is 4.39 Å². The molecule has 0 fully saturated rings. The van der Waals surface area contributed by atoms with Crippen LogP contribution in [-0.4, -0.2) is 0 Å². The Bertz CT molecular complexity index is 358. The van der Waals surface area contributed by atoms with Gasteiger partial charge in [0.15, 0.2) is 0 Å². The molecule has 2 aromatic rings. The minimum Gasteiger partial charge on any atom is -0.205 e. The maximum absolute atomic E-state index is 12.8. The topological polar surface area (TPSA) is 0 Å². The van der Waals surface area contributed by atoms with E-state index in [0.29, 0.717) is 0 Å². The first-order valence-electron chi connectivity index (χ1n) is 3.02. The van der Waals surface area contributed by atoms with Crippen LogP contribution >= 0.6 is 22.9 Å². The Morgan fingerprint density at radius 1 is 1.45 bits per heavy atom. The molecule has 2 rings (SSSR count). The molecule has 0 amide bonds. The lowest BCUT2D eigenvalue weighted by Crippen LogP contribution is -1.73. The largest absolute Gasteiger partial charge is 0.205 e. The highest BCUT2D eigenvalue weighted by Crippen LogP contribution is 2.26. The summed E-state index contributed by atoms with van der Waals surface area (Å²) in [6.07, 6.45) is 0. The lowest BCUT2D eigenvalue weighted by atomic mass is 10.2. The van der Waals surface area contributed by atoms with Crippen LogP contribution in [0.5, 0.6) is 0 Å². The van der Waals surface area contributed by atoms with Crippen molar-refractivity contribution in [2.75, 3.05) is 0 Å². The quantitative estimate of drug-likeness (QED) is 0.590. The SMILES string of the molecule is Fc1cc2c[c]sc2cc1Cl. The third kappa shape index (κ3) is 1.12. The molecule has 0 aliphatic heterocycles. The molecule has 0 aliphatic rings. The predicted octanol–water partition coefficient (Wildman–Crippen LogP) is 3.49. The molecule has 0 atom stereocenters. The molecule has 0 nitrogen and oxygen atoms in total.